The van der Waals surface area contributed by atoms with Gasteiger partial charge in [-0.15, -0.1) is 21.5 Å². The first-order chi connectivity index (χ1) is 17.1. The first kappa shape index (κ1) is 25.3. The van der Waals surface area contributed by atoms with E-state index in [1.807, 2.05) is 20.8 Å². The van der Waals surface area contributed by atoms with Crippen LogP contribution in [-0.2, 0) is 5.41 Å². The fourth-order valence-electron chi connectivity index (χ4n) is 3.23. The zero-order valence-corrected chi connectivity index (χ0v) is 21.6. The molecule has 0 aromatic carbocycles. The van der Waals surface area contributed by atoms with Crippen LogP contribution < -0.4 is 10.6 Å². The van der Waals surface area contributed by atoms with Crippen molar-refractivity contribution < 1.29 is 9.59 Å². The summed E-state index contributed by atoms with van der Waals surface area (Å²) < 4.78 is 0. The molecule has 0 aliphatic carbocycles. The first-order valence-electron chi connectivity index (χ1n) is 11.0. The van der Waals surface area contributed by atoms with Gasteiger partial charge in [-0.25, -0.2) is 15.0 Å². The van der Waals surface area contributed by atoms with Gasteiger partial charge in [0.2, 0.25) is 0 Å². The van der Waals surface area contributed by atoms with Crippen LogP contribution in [0.15, 0.2) is 49.2 Å². The topological polar surface area (TPSA) is 136 Å². The molecule has 4 aromatic heterocycles. The molecule has 0 radical (unpaired) electrons. The zero-order valence-electron chi connectivity index (χ0n) is 20.0. The Morgan fingerprint density at radius 1 is 1.03 bits per heavy atom. The Morgan fingerprint density at radius 2 is 1.78 bits per heavy atom. The van der Waals surface area contributed by atoms with E-state index >= 15 is 0 Å². The second-order valence-electron chi connectivity index (χ2n) is 8.92. The van der Waals surface area contributed by atoms with Crippen molar-refractivity contribution in [2.45, 2.75) is 39.2 Å². The van der Waals surface area contributed by atoms with E-state index in [1.165, 1.54) is 23.9 Å². The summed E-state index contributed by atoms with van der Waals surface area (Å²) in [5, 5.41) is 14.3. The Kier molecular flexibility index (Phi) is 7.32. The number of hydrogen-bond donors (Lipinski definition) is 2. The van der Waals surface area contributed by atoms with Crippen LogP contribution in [0.5, 0.6) is 0 Å². The average Bonchev–Trinajstić information content (AvgIpc) is 3.36. The van der Waals surface area contributed by atoms with Crippen molar-refractivity contribution in [2.75, 3.05) is 5.32 Å². The molecule has 4 aromatic rings. The maximum absolute atomic E-state index is 12.8. The normalized spacial score (nSPS) is 12.1. The van der Waals surface area contributed by atoms with Crippen LogP contribution in [0.4, 0.5) is 5.82 Å². The number of amides is 2. The van der Waals surface area contributed by atoms with Gasteiger partial charge >= 0.3 is 0 Å². The molecule has 36 heavy (non-hydrogen) atoms. The molecule has 1 unspecified atom stereocenters. The largest absolute Gasteiger partial charge is 0.342 e. The Morgan fingerprint density at radius 3 is 2.50 bits per heavy atom. The molecule has 10 nitrogen and oxygen atoms in total. The minimum Gasteiger partial charge on any atom is -0.342 e. The number of rotatable bonds is 6. The van der Waals surface area contributed by atoms with Crippen molar-refractivity contribution in [1.29, 1.82) is 0 Å². The number of anilines is 1. The molecule has 0 fully saturated rings. The van der Waals surface area contributed by atoms with Gasteiger partial charge in [0.25, 0.3) is 11.8 Å². The SMILES string of the molecule is CC(NC(=O)c1cc(-c2ccncc2)ncn1)c1ncc(C(=O)Nc2cc(C(C)(C)C)c(Cl)nn2)s1. The van der Waals surface area contributed by atoms with Gasteiger partial charge in [-0.3, -0.25) is 14.6 Å². The second-order valence-corrected chi connectivity index (χ2v) is 10.3. The van der Waals surface area contributed by atoms with Crippen molar-refractivity contribution in [3.8, 4) is 11.3 Å². The zero-order chi connectivity index (χ0) is 25.9. The van der Waals surface area contributed by atoms with Gasteiger partial charge in [-0.1, -0.05) is 32.4 Å². The summed E-state index contributed by atoms with van der Waals surface area (Å²) in [6, 6.07) is 6.46. The Balaban J connectivity index is 1.43. The fraction of sp³-hybridized carbons (Fsp3) is 0.250. The minimum atomic E-state index is -0.453. The highest BCUT2D eigenvalue weighted by Gasteiger charge is 2.22. The summed E-state index contributed by atoms with van der Waals surface area (Å²) in [5.74, 6) is -0.474. The van der Waals surface area contributed by atoms with E-state index in [0.717, 1.165) is 11.1 Å². The second kappa shape index (κ2) is 10.4. The van der Waals surface area contributed by atoms with E-state index < -0.39 is 6.04 Å². The predicted molar refractivity (Wildman–Crippen MR) is 137 cm³/mol. The smallest absolute Gasteiger partial charge is 0.270 e. The number of halogens is 1. The summed E-state index contributed by atoms with van der Waals surface area (Å²) in [7, 11) is 0. The molecule has 0 spiro atoms. The lowest BCUT2D eigenvalue weighted by Gasteiger charge is -2.20. The quantitative estimate of drug-likeness (QED) is 0.378. The number of nitrogens with one attached hydrogen (secondary N) is 2. The van der Waals surface area contributed by atoms with Crippen LogP contribution in [0.3, 0.4) is 0 Å². The molecule has 12 heteroatoms. The summed E-state index contributed by atoms with van der Waals surface area (Å²) in [6.07, 6.45) is 6.10. The molecule has 0 aliphatic heterocycles. The third-order valence-electron chi connectivity index (χ3n) is 5.14. The number of aromatic nitrogens is 6. The van der Waals surface area contributed by atoms with Crippen LogP contribution in [-0.4, -0.2) is 41.9 Å². The highest BCUT2D eigenvalue weighted by Crippen LogP contribution is 2.29. The van der Waals surface area contributed by atoms with E-state index in [2.05, 4.69) is 40.8 Å². The Labute approximate surface area is 216 Å². The third kappa shape index (κ3) is 5.86. The maximum atomic E-state index is 12.8. The molecule has 0 saturated carbocycles. The van der Waals surface area contributed by atoms with Gasteiger partial charge in [0.05, 0.1) is 17.9 Å². The fourth-order valence-corrected chi connectivity index (χ4v) is 4.42. The Bertz CT molecular complexity index is 1400. The molecule has 2 amide bonds. The molecule has 0 bridgehead atoms. The Hall–Kier alpha value is -3.83. The molecular formula is C24H23ClN8O2S. The van der Waals surface area contributed by atoms with Crippen molar-refractivity contribution in [1.82, 2.24) is 35.5 Å². The molecule has 184 valence electrons. The molecule has 2 N–H and O–H groups in total. The van der Waals surface area contributed by atoms with Gasteiger partial charge in [-0.2, -0.15) is 0 Å². The van der Waals surface area contributed by atoms with E-state index in [-0.39, 0.29) is 22.9 Å². The highest BCUT2D eigenvalue weighted by molar-refractivity contribution is 7.13. The maximum Gasteiger partial charge on any atom is 0.270 e. The van der Waals surface area contributed by atoms with Crippen molar-refractivity contribution in [3.05, 3.63) is 75.5 Å². The van der Waals surface area contributed by atoms with E-state index in [9.17, 15) is 9.59 Å². The summed E-state index contributed by atoms with van der Waals surface area (Å²) in [4.78, 5) is 42.5. The van der Waals surface area contributed by atoms with E-state index in [0.29, 0.717) is 26.5 Å². The standard InChI is InChI=1S/C24H23ClN8O2S/c1-13(30-21(34)17-10-16(28-12-29-17)14-5-7-26-8-6-14)23-27-11-18(36-23)22(35)31-19-9-15(24(2,3)4)20(25)33-32-19/h5-13H,1-4H3,(H,30,34)(H,31,32,35). The molecule has 4 rings (SSSR count). The molecule has 0 aliphatic rings. The minimum absolute atomic E-state index is 0.217. The van der Waals surface area contributed by atoms with Crippen molar-refractivity contribution in [3.63, 3.8) is 0 Å². The molecule has 1 atom stereocenters. The molecule has 0 saturated heterocycles. The van der Waals surface area contributed by atoms with Gasteiger partial charge in [-0.05, 0) is 36.6 Å². The monoisotopic (exact) mass is 522 g/mol. The van der Waals surface area contributed by atoms with Crippen LogP contribution in [0, 0.1) is 0 Å². The van der Waals surface area contributed by atoms with Gasteiger partial charge in [0.15, 0.2) is 11.0 Å². The highest BCUT2D eigenvalue weighted by atomic mass is 35.5. The van der Waals surface area contributed by atoms with Gasteiger partial charge in [0, 0.05) is 23.5 Å². The lowest BCUT2D eigenvalue weighted by Crippen LogP contribution is -2.27. The number of carbonyl (C=O) groups is 2. The molecule has 4 heterocycles. The van der Waals surface area contributed by atoms with E-state index in [1.54, 1.807) is 43.6 Å². The van der Waals surface area contributed by atoms with E-state index in [4.69, 9.17) is 11.6 Å². The number of thiazole rings is 1. The van der Waals surface area contributed by atoms with Crippen molar-refractivity contribution in [2.24, 2.45) is 0 Å². The van der Waals surface area contributed by atoms with Crippen LogP contribution in [0.2, 0.25) is 5.15 Å². The summed E-state index contributed by atoms with van der Waals surface area (Å²) in [5.41, 5.74) is 2.16. The number of nitrogens with zero attached hydrogens (tertiary/aromatic N) is 6. The summed E-state index contributed by atoms with van der Waals surface area (Å²) >= 11 is 7.33. The summed E-state index contributed by atoms with van der Waals surface area (Å²) in [6.45, 7) is 7.76. The third-order valence-corrected chi connectivity index (χ3v) is 6.60. The van der Waals surface area contributed by atoms with Crippen LogP contribution in [0.25, 0.3) is 11.3 Å². The predicted octanol–water partition coefficient (Wildman–Crippen LogP) is 4.48. The van der Waals surface area contributed by atoms with Gasteiger partial charge in [0.1, 0.15) is 21.9 Å². The number of hydrogen-bond acceptors (Lipinski definition) is 9. The van der Waals surface area contributed by atoms with Crippen LogP contribution >= 0.6 is 22.9 Å². The average molecular weight is 523 g/mol. The van der Waals surface area contributed by atoms with Crippen molar-refractivity contribution >= 4 is 40.6 Å². The van der Waals surface area contributed by atoms with Crippen LogP contribution in [0.1, 0.15) is 64.5 Å². The molecular weight excluding hydrogens is 500 g/mol. The number of carbonyl (C=O) groups excluding carboxylic acids is 2. The van der Waals surface area contributed by atoms with Gasteiger partial charge < -0.3 is 10.6 Å². The lowest BCUT2D eigenvalue weighted by molar-refractivity contribution is 0.0934. The lowest BCUT2D eigenvalue weighted by atomic mass is 9.88. The number of pyridine rings is 1. The first-order valence-corrected chi connectivity index (χ1v) is 12.2.